The molecular weight excluding hydrogens is 286 g/mol. The quantitative estimate of drug-likeness (QED) is 0.902. The van der Waals surface area contributed by atoms with Crippen LogP contribution in [-0.2, 0) is 4.74 Å². The normalized spacial score (nSPS) is 11.1. The van der Waals surface area contributed by atoms with Gasteiger partial charge in [-0.15, -0.1) is 0 Å². The van der Waals surface area contributed by atoms with Gasteiger partial charge in [0.25, 0.3) is 0 Å². The Morgan fingerprint density at radius 2 is 2.09 bits per heavy atom. The van der Waals surface area contributed by atoms with E-state index in [1.54, 1.807) is 39.0 Å². The minimum atomic E-state index is -0.575. The number of rotatable bonds is 3. The molecule has 1 amide bonds. The number of nitrogens with zero attached hydrogens (tertiary/aromatic N) is 1. The Balaban J connectivity index is 2.28. The Hall–Kier alpha value is -2.70. The van der Waals surface area contributed by atoms with Crippen molar-refractivity contribution in [2.24, 2.45) is 0 Å². The van der Waals surface area contributed by atoms with Gasteiger partial charge in [0.15, 0.2) is 5.76 Å². The van der Waals surface area contributed by atoms with E-state index in [1.807, 2.05) is 0 Å². The first-order chi connectivity index (χ1) is 10.3. The molecule has 0 fully saturated rings. The molecule has 1 aromatic heterocycles. The zero-order valence-corrected chi connectivity index (χ0v) is 13.0. The molecular formula is C15H19N3O4. The van der Waals surface area contributed by atoms with Crippen LogP contribution >= 0.6 is 0 Å². The van der Waals surface area contributed by atoms with Crippen LogP contribution in [0.4, 0.5) is 16.2 Å². The van der Waals surface area contributed by atoms with Gasteiger partial charge in [-0.3, -0.25) is 5.32 Å². The van der Waals surface area contributed by atoms with Crippen LogP contribution in [0.3, 0.4) is 0 Å². The molecule has 0 aliphatic carbocycles. The third kappa shape index (κ3) is 3.69. The number of carbonyl (C=O) groups is 1. The van der Waals surface area contributed by atoms with Crippen molar-refractivity contribution in [2.45, 2.75) is 26.4 Å². The number of nitrogen functional groups attached to an aromatic ring is 1. The first-order valence-corrected chi connectivity index (χ1v) is 6.69. The fourth-order valence-corrected chi connectivity index (χ4v) is 1.84. The average molecular weight is 305 g/mol. The maximum atomic E-state index is 11.8. The molecule has 1 heterocycles. The first kappa shape index (κ1) is 15.7. The number of aromatic nitrogens is 1. The molecule has 0 bridgehead atoms. The van der Waals surface area contributed by atoms with E-state index in [0.717, 1.165) is 0 Å². The third-order valence-electron chi connectivity index (χ3n) is 2.69. The summed E-state index contributed by atoms with van der Waals surface area (Å²) in [5.41, 5.74) is 6.73. The maximum absolute atomic E-state index is 11.8. The molecule has 1 aromatic carbocycles. The summed E-state index contributed by atoms with van der Waals surface area (Å²) in [6.07, 6.45) is 0.858. The number of amides is 1. The highest BCUT2D eigenvalue weighted by Gasteiger charge is 2.18. The van der Waals surface area contributed by atoms with Crippen molar-refractivity contribution in [1.82, 2.24) is 5.16 Å². The van der Waals surface area contributed by atoms with Crippen molar-refractivity contribution >= 4 is 17.5 Å². The van der Waals surface area contributed by atoms with E-state index in [4.69, 9.17) is 19.7 Å². The molecule has 2 rings (SSSR count). The highest BCUT2D eigenvalue weighted by atomic mass is 16.6. The zero-order valence-electron chi connectivity index (χ0n) is 13.0. The summed E-state index contributed by atoms with van der Waals surface area (Å²) in [4.78, 5) is 11.8. The van der Waals surface area contributed by atoms with Crippen LogP contribution in [0.2, 0.25) is 0 Å². The van der Waals surface area contributed by atoms with Crippen molar-refractivity contribution in [3.05, 3.63) is 24.4 Å². The third-order valence-corrected chi connectivity index (χ3v) is 2.69. The summed E-state index contributed by atoms with van der Waals surface area (Å²) in [6.45, 7) is 5.38. The van der Waals surface area contributed by atoms with Crippen molar-refractivity contribution in [1.29, 1.82) is 0 Å². The fraction of sp³-hybridized carbons (Fsp3) is 0.333. The van der Waals surface area contributed by atoms with E-state index in [9.17, 15) is 4.79 Å². The first-order valence-electron chi connectivity index (χ1n) is 6.69. The van der Waals surface area contributed by atoms with Gasteiger partial charge in [0.05, 0.1) is 18.9 Å². The molecule has 22 heavy (non-hydrogen) atoms. The van der Waals surface area contributed by atoms with E-state index in [1.165, 1.54) is 13.3 Å². The molecule has 118 valence electrons. The van der Waals surface area contributed by atoms with Crippen molar-refractivity contribution in [2.75, 3.05) is 18.2 Å². The molecule has 0 aliphatic heterocycles. The Bertz CT molecular complexity index is 674. The van der Waals surface area contributed by atoms with Gasteiger partial charge in [-0.1, -0.05) is 5.16 Å². The molecule has 0 unspecified atom stereocenters. The van der Waals surface area contributed by atoms with Gasteiger partial charge in [0.2, 0.25) is 0 Å². The maximum Gasteiger partial charge on any atom is 0.412 e. The largest absolute Gasteiger partial charge is 0.496 e. The number of hydrogen-bond acceptors (Lipinski definition) is 6. The second kappa shape index (κ2) is 5.97. The van der Waals surface area contributed by atoms with Gasteiger partial charge in [-0.2, -0.15) is 0 Å². The smallest absolute Gasteiger partial charge is 0.412 e. The summed E-state index contributed by atoms with van der Waals surface area (Å²) < 4.78 is 15.6. The van der Waals surface area contributed by atoms with E-state index < -0.39 is 11.7 Å². The SMILES string of the molecule is COc1ccc(NC(=O)OC(C)(C)C)cc1-c1oncc1N. The van der Waals surface area contributed by atoms with Crippen molar-refractivity contribution < 1.29 is 18.8 Å². The summed E-state index contributed by atoms with van der Waals surface area (Å²) in [7, 11) is 1.53. The number of hydrogen-bond donors (Lipinski definition) is 2. The van der Waals surface area contributed by atoms with E-state index >= 15 is 0 Å². The standard InChI is InChI=1S/C15H19N3O4/c1-15(2,3)21-14(19)18-9-5-6-12(20-4)10(7-9)13-11(16)8-17-22-13/h5-8H,16H2,1-4H3,(H,18,19). The molecule has 0 saturated carbocycles. The van der Waals surface area contributed by atoms with E-state index in [2.05, 4.69) is 10.5 Å². The molecule has 0 saturated heterocycles. The average Bonchev–Trinajstić information content (AvgIpc) is 2.82. The van der Waals surface area contributed by atoms with Gasteiger partial charge in [0, 0.05) is 5.69 Å². The molecule has 7 heteroatoms. The molecule has 3 N–H and O–H groups in total. The van der Waals surface area contributed by atoms with E-state index in [0.29, 0.717) is 28.4 Å². The van der Waals surface area contributed by atoms with Crippen molar-refractivity contribution in [3.8, 4) is 17.1 Å². The lowest BCUT2D eigenvalue weighted by atomic mass is 10.1. The molecule has 7 nitrogen and oxygen atoms in total. The fourth-order valence-electron chi connectivity index (χ4n) is 1.84. The predicted octanol–water partition coefficient (Wildman–Crippen LogP) is 3.28. The Morgan fingerprint density at radius 1 is 1.36 bits per heavy atom. The van der Waals surface area contributed by atoms with Crippen LogP contribution < -0.4 is 15.8 Å². The zero-order chi connectivity index (χ0) is 16.3. The molecule has 0 aliphatic rings. The van der Waals surface area contributed by atoms with Gasteiger partial charge in [-0.25, -0.2) is 4.79 Å². The van der Waals surface area contributed by atoms with Gasteiger partial charge in [0.1, 0.15) is 17.0 Å². The minimum Gasteiger partial charge on any atom is -0.496 e. The lowest BCUT2D eigenvalue weighted by molar-refractivity contribution is 0.0636. The summed E-state index contributed by atoms with van der Waals surface area (Å²) in [5, 5.41) is 6.30. The van der Waals surface area contributed by atoms with Crippen LogP contribution in [0.15, 0.2) is 28.9 Å². The highest BCUT2D eigenvalue weighted by Crippen LogP contribution is 2.35. The molecule has 0 atom stereocenters. The van der Waals surface area contributed by atoms with Gasteiger partial charge < -0.3 is 19.7 Å². The number of benzene rings is 1. The molecule has 0 spiro atoms. The van der Waals surface area contributed by atoms with Crippen LogP contribution in [0, 0.1) is 0 Å². The Kier molecular flexibility index (Phi) is 4.25. The highest BCUT2D eigenvalue weighted by molar-refractivity contribution is 5.87. The topological polar surface area (TPSA) is 99.6 Å². The molecule has 0 radical (unpaired) electrons. The summed E-state index contributed by atoms with van der Waals surface area (Å²) in [6, 6.07) is 5.07. The number of carbonyl (C=O) groups excluding carboxylic acids is 1. The minimum absolute atomic E-state index is 0.379. The van der Waals surface area contributed by atoms with Crippen molar-refractivity contribution in [3.63, 3.8) is 0 Å². The van der Waals surface area contributed by atoms with Crippen LogP contribution in [0.5, 0.6) is 5.75 Å². The second-order valence-corrected chi connectivity index (χ2v) is 5.65. The van der Waals surface area contributed by atoms with Crippen LogP contribution in [0.1, 0.15) is 20.8 Å². The lowest BCUT2D eigenvalue weighted by Gasteiger charge is -2.20. The Morgan fingerprint density at radius 3 is 2.64 bits per heavy atom. The second-order valence-electron chi connectivity index (χ2n) is 5.65. The van der Waals surface area contributed by atoms with E-state index in [-0.39, 0.29) is 0 Å². The monoisotopic (exact) mass is 305 g/mol. The lowest BCUT2D eigenvalue weighted by Crippen LogP contribution is -2.27. The van der Waals surface area contributed by atoms with Gasteiger partial charge in [-0.05, 0) is 39.0 Å². The number of anilines is 2. The number of nitrogens with two attached hydrogens (primary N) is 1. The summed E-state index contributed by atoms with van der Waals surface area (Å²) in [5.74, 6) is 0.933. The Labute approximate surface area is 128 Å². The van der Waals surface area contributed by atoms with Crippen LogP contribution in [0.25, 0.3) is 11.3 Å². The number of ether oxygens (including phenoxy) is 2. The molecule has 2 aromatic rings. The number of nitrogens with one attached hydrogen (secondary N) is 1. The van der Waals surface area contributed by atoms with Gasteiger partial charge >= 0.3 is 6.09 Å². The predicted molar refractivity (Wildman–Crippen MR) is 82.8 cm³/mol. The summed E-state index contributed by atoms with van der Waals surface area (Å²) >= 11 is 0. The number of methoxy groups -OCH3 is 1. The van der Waals surface area contributed by atoms with Crippen LogP contribution in [-0.4, -0.2) is 24.0 Å².